The number of ether oxygens (including phenoxy) is 1. The van der Waals surface area contributed by atoms with Gasteiger partial charge in [-0.05, 0) is 32.9 Å². The predicted molar refractivity (Wildman–Crippen MR) is 93.5 cm³/mol. The van der Waals surface area contributed by atoms with Crippen molar-refractivity contribution in [2.24, 2.45) is 21.5 Å². The molecule has 0 aliphatic carbocycles. The second-order valence-corrected chi connectivity index (χ2v) is 5.59. The van der Waals surface area contributed by atoms with Gasteiger partial charge < -0.3 is 16.2 Å². The molecule has 0 saturated carbocycles. The van der Waals surface area contributed by atoms with Crippen LogP contribution in [0, 0.1) is 0 Å². The van der Waals surface area contributed by atoms with Gasteiger partial charge in [0.25, 0.3) is 0 Å². The van der Waals surface area contributed by atoms with Crippen molar-refractivity contribution in [1.82, 2.24) is 5.06 Å². The Morgan fingerprint density at radius 2 is 1.87 bits per heavy atom. The van der Waals surface area contributed by atoms with Gasteiger partial charge in [-0.1, -0.05) is 18.2 Å². The zero-order valence-electron chi connectivity index (χ0n) is 13.6. The van der Waals surface area contributed by atoms with Crippen molar-refractivity contribution in [3.63, 3.8) is 0 Å². The number of hydrogen-bond acceptors (Lipinski definition) is 7. The molecule has 1 aromatic rings. The van der Waals surface area contributed by atoms with Gasteiger partial charge in [0.05, 0.1) is 12.7 Å². The van der Waals surface area contributed by atoms with Gasteiger partial charge in [-0.3, -0.25) is 4.84 Å². The first kappa shape index (κ1) is 19.1. The minimum Gasteiger partial charge on any atom is -0.491 e. The van der Waals surface area contributed by atoms with Crippen LogP contribution in [0.2, 0.25) is 0 Å². The van der Waals surface area contributed by atoms with Crippen molar-refractivity contribution in [3.05, 3.63) is 30.3 Å². The molecule has 1 aliphatic rings. The molecule has 0 amide bonds. The summed E-state index contributed by atoms with van der Waals surface area (Å²) in [5.41, 5.74) is 10.8. The minimum atomic E-state index is -0.681. The lowest BCUT2D eigenvalue weighted by atomic mass is 10.2. The first-order chi connectivity index (χ1) is 10.4. The van der Waals surface area contributed by atoms with Crippen LogP contribution in [0.15, 0.2) is 40.3 Å². The van der Waals surface area contributed by atoms with Gasteiger partial charge in [-0.2, -0.15) is 10.1 Å². The van der Waals surface area contributed by atoms with Crippen molar-refractivity contribution < 1.29 is 9.57 Å². The highest BCUT2D eigenvalue weighted by Crippen LogP contribution is 2.20. The van der Waals surface area contributed by atoms with Crippen molar-refractivity contribution >= 4 is 24.3 Å². The molecule has 0 fully saturated rings. The second kappa shape index (κ2) is 8.03. The average molecular weight is 342 g/mol. The number of para-hydroxylation sites is 1. The van der Waals surface area contributed by atoms with E-state index in [9.17, 15) is 0 Å². The van der Waals surface area contributed by atoms with E-state index in [-0.39, 0.29) is 30.4 Å². The highest BCUT2D eigenvalue weighted by atomic mass is 35.5. The number of hydroxylamine groups is 2. The summed E-state index contributed by atoms with van der Waals surface area (Å²) in [6, 6.07) is 9.68. The zero-order valence-corrected chi connectivity index (χ0v) is 14.4. The maximum Gasteiger partial charge on any atom is 0.226 e. The lowest BCUT2D eigenvalue weighted by Gasteiger charge is -2.36. The molecular weight excluding hydrogens is 318 g/mol. The maximum atomic E-state index is 5.84. The normalized spacial score (nSPS) is 17.6. The summed E-state index contributed by atoms with van der Waals surface area (Å²) in [6.07, 6.45) is 0.718. The summed E-state index contributed by atoms with van der Waals surface area (Å²) in [7, 11) is 0. The molecular formula is C15H24ClN5O2. The number of rotatable bonds is 6. The van der Waals surface area contributed by atoms with E-state index in [0.717, 1.165) is 5.75 Å². The molecule has 23 heavy (non-hydrogen) atoms. The van der Waals surface area contributed by atoms with Crippen LogP contribution in [0.1, 0.15) is 27.2 Å². The number of nitrogens with two attached hydrogens (primary N) is 2. The highest BCUT2D eigenvalue weighted by Gasteiger charge is 2.33. The number of aliphatic imine (C=N–C) groups is 2. The first-order valence-electron chi connectivity index (χ1n) is 7.23. The third-order valence-corrected chi connectivity index (χ3v) is 3.15. The summed E-state index contributed by atoms with van der Waals surface area (Å²) in [5, 5.41) is 1.47. The molecule has 0 aromatic heterocycles. The van der Waals surface area contributed by atoms with Gasteiger partial charge in [0, 0.05) is 6.42 Å². The van der Waals surface area contributed by atoms with Gasteiger partial charge in [0.15, 0.2) is 5.66 Å². The van der Waals surface area contributed by atoms with E-state index < -0.39 is 5.66 Å². The molecule has 1 heterocycles. The zero-order chi connectivity index (χ0) is 16.2. The van der Waals surface area contributed by atoms with Gasteiger partial charge in [0.1, 0.15) is 5.75 Å². The van der Waals surface area contributed by atoms with Crippen LogP contribution in [0.5, 0.6) is 5.75 Å². The molecule has 0 saturated heterocycles. The van der Waals surface area contributed by atoms with E-state index in [2.05, 4.69) is 9.98 Å². The molecule has 1 aromatic carbocycles. The third kappa shape index (κ3) is 5.30. The van der Waals surface area contributed by atoms with Crippen molar-refractivity contribution in [1.29, 1.82) is 0 Å². The Bertz CT molecular complexity index is 562. The van der Waals surface area contributed by atoms with Crippen molar-refractivity contribution in [2.75, 3.05) is 6.61 Å². The fourth-order valence-electron chi connectivity index (χ4n) is 2.12. The van der Waals surface area contributed by atoms with Crippen LogP contribution in [0.4, 0.5) is 0 Å². The molecule has 0 bridgehead atoms. The smallest absolute Gasteiger partial charge is 0.226 e. The van der Waals surface area contributed by atoms with Crippen molar-refractivity contribution in [3.8, 4) is 5.75 Å². The fraction of sp³-hybridized carbons (Fsp3) is 0.467. The van der Waals surface area contributed by atoms with E-state index in [0.29, 0.717) is 13.0 Å². The van der Waals surface area contributed by atoms with Crippen LogP contribution >= 0.6 is 12.4 Å². The van der Waals surface area contributed by atoms with Gasteiger partial charge >= 0.3 is 0 Å². The standard InChI is InChI=1S/C15H23N5O2.ClH/c1-11(22-12-7-5-4-6-8-12)9-10-21-20-14(17)18-13(16)19-15(20,2)3;/h4-8,11H,9-10H2,1-3H3,(H4,16,17,18,19);1H. The molecule has 1 atom stereocenters. The molecule has 0 radical (unpaired) electrons. The second-order valence-electron chi connectivity index (χ2n) is 5.59. The molecule has 128 valence electrons. The van der Waals surface area contributed by atoms with Gasteiger partial charge in [0.2, 0.25) is 11.9 Å². The summed E-state index contributed by atoms with van der Waals surface area (Å²) in [6.45, 7) is 6.13. The van der Waals surface area contributed by atoms with Crippen LogP contribution in [0.25, 0.3) is 0 Å². The molecule has 4 N–H and O–H groups in total. The Balaban J connectivity index is 0.00000264. The van der Waals surface area contributed by atoms with E-state index in [4.69, 9.17) is 21.0 Å². The lowest BCUT2D eigenvalue weighted by Crippen LogP contribution is -2.53. The lowest BCUT2D eigenvalue weighted by molar-refractivity contribution is -0.160. The van der Waals surface area contributed by atoms with Crippen molar-refractivity contribution in [2.45, 2.75) is 39.0 Å². The van der Waals surface area contributed by atoms with Gasteiger partial charge in [-0.25, -0.2) is 4.99 Å². The molecule has 1 aliphatic heterocycles. The number of hydrogen-bond donors (Lipinski definition) is 2. The summed E-state index contributed by atoms with van der Waals surface area (Å²) >= 11 is 0. The molecule has 7 nitrogen and oxygen atoms in total. The topological polar surface area (TPSA) is 98.5 Å². The summed E-state index contributed by atoms with van der Waals surface area (Å²) in [4.78, 5) is 13.8. The first-order valence-corrected chi connectivity index (χ1v) is 7.23. The average Bonchev–Trinajstić information content (AvgIpc) is 2.42. The Labute approximate surface area is 142 Å². The number of guanidine groups is 2. The Kier molecular flexibility index (Phi) is 6.65. The SMILES string of the molecule is CC(CCON1C(N)=NC(N)=NC1(C)C)Oc1ccccc1.Cl. The largest absolute Gasteiger partial charge is 0.491 e. The third-order valence-electron chi connectivity index (χ3n) is 3.15. The maximum absolute atomic E-state index is 5.84. The Hall–Kier alpha value is -1.99. The van der Waals surface area contributed by atoms with Crippen LogP contribution < -0.4 is 16.2 Å². The quantitative estimate of drug-likeness (QED) is 0.823. The Morgan fingerprint density at radius 1 is 1.22 bits per heavy atom. The van der Waals surface area contributed by atoms with Gasteiger partial charge in [-0.15, -0.1) is 12.4 Å². The molecule has 0 spiro atoms. The monoisotopic (exact) mass is 341 g/mol. The van der Waals surface area contributed by atoms with Crippen LogP contribution in [0.3, 0.4) is 0 Å². The van der Waals surface area contributed by atoms with Crippen LogP contribution in [-0.2, 0) is 4.84 Å². The van der Waals surface area contributed by atoms with E-state index >= 15 is 0 Å². The highest BCUT2D eigenvalue weighted by molar-refractivity contribution is 5.95. The predicted octanol–water partition coefficient (Wildman–Crippen LogP) is 1.88. The Morgan fingerprint density at radius 3 is 2.48 bits per heavy atom. The summed E-state index contributed by atoms with van der Waals surface area (Å²) < 4.78 is 5.79. The number of halogens is 1. The number of nitrogens with zero attached hydrogens (tertiary/aromatic N) is 3. The van der Waals surface area contributed by atoms with E-state index in [1.165, 1.54) is 5.06 Å². The molecule has 2 rings (SSSR count). The summed E-state index contributed by atoms with van der Waals surface area (Å²) in [5.74, 6) is 1.20. The molecule has 1 unspecified atom stereocenters. The van der Waals surface area contributed by atoms with E-state index in [1.807, 2.05) is 51.1 Å². The fourth-order valence-corrected chi connectivity index (χ4v) is 2.12. The van der Waals surface area contributed by atoms with Crippen LogP contribution in [-0.4, -0.2) is 35.4 Å². The van der Waals surface area contributed by atoms with E-state index in [1.54, 1.807) is 0 Å². The number of benzene rings is 1. The molecule has 8 heteroatoms. The minimum absolute atomic E-state index is 0.